The first-order valence-corrected chi connectivity index (χ1v) is 5.69. The number of hydrogen-bond donors (Lipinski definition) is 2. The van der Waals surface area contributed by atoms with Gasteiger partial charge >= 0.3 is 0 Å². The van der Waals surface area contributed by atoms with Gasteiger partial charge in [-0.2, -0.15) is 0 Å². The summed E-state index contributed by atoms with van der Waals surface area (Å²) in [5.41, 5.74) is 3.15. The highest BCUT2D eigenvalue weighted by Crippen LogP contribution is 2.09. The van der Waals surface area contributed by atoms with Crippen molar-refractivity contribution in [2.45, 2.75) is 0 Å². The molecule has 0 radical (unpaired) electrons. The highest BCUT2D eigenvalue weighted by molar-refractivity contribution is 5.78. The third-order valence-corrected chi connectivity index (χ3v) is 2.69. The number of hydrogen-bond acceptors (Lipinski definition) is 2. The first-order chi connectivity index (χ1) is 8.93. The van der Waals surface area contributed by atoms with E-state index >= 15 is 0 Å². The minimum absolute atomic E-state index is 0.963. The quantitative estimate of drug-likeness (QED) is 0.493. The average Bonchev–Trinajstić information content (AvgIpc) is 3.08. The van der Waals surface area contributed by atoms with E-state index in [1.54, 1.807) is 6.20 Å². The van der Waals surface area contributed by atoms with E-state index in [2.05, 4.69) is 38.1 Å². The summed E-state index contributed by atoms with van der Waals surface area (Å²) in [6, 6.07) is 12.2. The van der Waals surface area contributed by atoms with E-state index in [1.165, 1.54) is 17.2 Å². The van der Waals surface area contributed by atoms with E-state index in [0.29, 0.717) is 0 Å². The van der Waals surface area contributed by atoms with Crippen LogP contribution in [0.2, 0.25) is 0 Å². The Labute approximate surface area is 104 Å². The van der Waals surface area contributed by atoms with Crippen molar-refractivity contribution in [1.82, 2.24) is 19.9 Å². The Kier molecular flexibility index (Phi) is 2.75. The molecule has 0 unspecified atom stereocenters. The fourth-order valence-electron chi connectivity index (χ4n) is 1.79. The standard InChI is InChI=1S/C8H7N.C6H5N3/c1-2-4-8-7(3-1)5-6-9-8;1-2-8-6-3-7-4-9-5(1)6/h1-6,9H;1-4,8H. The average molecular weight is 236 g/mol. The van der Waals surface area contributed by atoms with Gasteiger partial charge in [-0.05, 0) is 23.6 Å². The molecule has 0 amide bonds. The molecule has 0 bridgehead atoms. The van der Waals surface area contributed by atoms with Crippen LogP contribution < -0.4 is 0 Å². The molecule has 0 aliphatic rings. The molecular weight excluding hydrogens is 224 g/mol. The highest BCUT2D eigenvalue weighted by Gasteiger charge is 1.89. The Hall–Kier alpha value is -2.62. The number of benzene rings is 1. The molecule has 0 saturated carbocycles. The number of nitrogens with zero attached hydrogens (tertiary/aromatic N) is 2. The SMILES string of the molecule is c1ccc2[nH]ccc2c1.c1ncc2[nH]ccc2n1. The van der Waals surface area contributed by atoms with Crippen molar-refractivity contribution in [1.29, 1.82) is 0 Å². The minimum Gasteiger partial charge on any atom is -0.361 e. The smallest absolute Gasteiger partial charge is 0.116 e. The molecule has 0 fully saturated rings. The maximum absolute atomic E-state index is 4.00. The number of H-pyrrole nitrogens is 2. The van der Waals surface area contributed by atoms with E-state index in [9.17, 15) is 0 Å². The summed E-state index contributed by atoms with van der Waals surface area (Å²) in [6.07, 6.45) is 7.09. The van der Waals surface area contributed by atoms with Crippen molar-refractivity contribution in [3.63, 3.8) is 0 Å². The number of aromatic amines is 2. The third kappa shape index (κ3) is 2.08. The maximum atomic E-state index is 4.00. The molecule has 2 N–H and O–H groups in total. The molecule has 1 aromatic carbocycles. The summed E-state index contributed by atoms with van der Waals surface area (Å²) in [4.78, 5) is 14.0. The highest BCUT2D eigenvalue weighted by atomic mass is 14.9. The molecule has 3 aromatic heterocycles. The number of rotatable bonds is 0. The summed E-state index contributed by atoms with van der Waals surface area (Å²) in [6.45, 7) is 0. The minimum atomic E-state index is 0.963. The van der Waals surface area contributed by atoms with Gasteiger partial charge in [-0.25, -0.2) is 9.97 Å². The van der Waals surface area contributed by atoms with Gasteiger partial charge in [0, 0.05) is 17.9 Å². The molecule has 0 atom stereocenters. The molecule has 3 heterocycles. The van der Waals surface area contributed by atoms with Crippen molar-refractivity contribution in [3.05, 3.63) is 61.3 Å². The summed E-state index contributed by atoms with van der Waals surface area (Å²) in [7, 11) is 0. The van der Waals surface area contributed by atoms with Crippen LogP contribution in [0, 0.1) is 0 Å². The molecule has 4 rings (SSSR count). The molecule has 4 heteroatoms. The van der Waals surface area contributed by atoms with Gasteiger partial charge in [0.05, 0.1) is 17.2 Å². The summed E-state index contributed by atoms with van der Waals surface area (Å²) >= 11 is 0. The van der Waals surface area contributed by atoms with Crippen molar-refractivity contribution < 1.29 is 0 Å². The first kappa shape index (κ1) is 10.5. The molecule has 4 nitrogen and oxygen atoms in total. The fourth-order valence-corrected chi connectivity index (χ4v) is 1.79. The van der Waals surface area contributed by atoms with Gasteiger partial charge in [0.15, 0.2) is 0 Å². The van der Waals surface area contributed by atoms with Crippen LogP contribution in [0.4, 0.5) is 0 Å². The monoisotopic (exact) mass is 236 g/mol. The van der Waals surface area contributed by atoms with Crippen LogP contribution in [0.25, 0.3) is 21.9 Å². The second-order valence-corrected chi connectivity index (χ2v) is 3.86. The van der Waals surface area contributed by atoms with Gasteiger partial charge in [0.2, 0.25) is 0 Å². The van der Waals surface area contributed by atoms with Gasteiger partial charge < -0.3 is 9.97 Å². The predicted octanol–water partition coefficient (Wildman–Crippen LogP) is 3.13. The van der Waals surface area contributed by atoms with Gasteiger partial charge in [0.1, 0.15) is 6.33 Å². The first-order valence-electron chi connectivity index (χ1n) is 5.69. The number of fused-ring (bicyclic) bond motifs is 2. The normalized spacial score (nSPS) is 10.2. The zero-order valence-electron chi connectivity index (χ0n) is 9.67. The molecule has 0 spiro atoms. The Balaban J connectivity index is 0.000000111. The number of nitrogens with one attached hydrogen (secondary N) is 2. The Morgan fingerprint density at radius 3 is 2.56 bits per heavy atom. The van der Waals surface area contributed by atoms with E-state index in [4.69, 9.17) is 0 Å². The molecule has 4 aromatic rings. The summed E-state index contributed by atoms with van der Waals surface area (Å²) < 4.78 is 0. The molecule has 0 saturated heterocycles. The van der Waals surface area contributed by atoms with Crippen LogP contribution in [0.1, 0.15) is 0 Å². The van der Waals surface area contributed by atoms with Crippen LogP contribution in [0.5, 0.6) is 0 Å². The van der Waals surface area contributed by atoms with Crippen molar-refractivity contribution in [3.8, 4) is 0 Å². The molecule has 0 aliphatic carbocycles. The van der Waals surface area contributed by atoms with Crippen molar-refractivity contribution in [2.75, 3.05) is 0 Å². The molecular formula is C14H12N4. The summed E-state index contributed by atoms with van der Waals surface area (Å²) in [5.74, 6) is 0. The Morgan fingerprint density at radius 1 is 0.833 bits per heavy atom. The molecule has 0 aliphatic heterocycles. The van der Waals surface area contributed by atoms with Crippen LogP contribution in [-0.4, -0.2) is 19.9 Å². The molecule has 18 heavy (non-hydrogen) atoms. The second kappa shape index (κ2) is 4.71. The van der Waals surface area contributed by atoms with E-state index in [1.807, 2.05) is 30.6 Å². The van der Waals surface area contributed by atoms with Crippen LogP contribution in [0.3, 0.4) is 0 Å². The van der Waals surface area contributed by atoms with E-state index in [-0.39, 0.29) is 0 Å². The topological polar surface area (TPSA) is 57.4 Å². The van der Waals surface area contributed by atoms with Gasteiger partial charge in [-0.1, -0.05) is 18.2 Å². The lowest BCUT2D eigenvalue weighted by Gasteiger charge is -1.83. The van der Waals surface area contributed by atoms with Crippen molar-refractivity contribution >= 4 is 21.9 Å². The molecule has 88 valence electrons. The predicted molar refractivity (Wildman–Crippen MR) is 72.2 cm³/mol. The van der Waals surface area contributed by atoms with Crippen LogP contribution in [-0.2, 0) is 0 Å². The lowest BCUT2D eigenvalue weighted by Crippen LogP contribution is -1.74. The Morgan fingerprint density at radius 2 is 1.67 bits per heavy atom. The van der Waals surface area contributed by atoms with Gasteiger partial charge in [-0.15, -0.1) is 0 Å². The maximum Gasteiger partial charge on any atom is 0.116 e. The second-order valence-electron chi connectivity index (χ2n) is 3.86. The number of para-hydroxylation sites is 1. The van der Waals surface area contributed by atoms with Crippen LogP contribution >= 0.6 is 0 Å². The van der Waals surface area contributed by atoms with Crippen LogP contribution in [0.15, 0.2) is 61.3 Å². The van der Waals surface area contributed by atoms with Gasteiger partial charge in [-0.3, -0.25) is 0 Å². The Bertz CT molecular complexity index is 628. The lowest BCUT2D eigenvalue weighted by molar-refractivity contribution is 1.22. The summed E-state index contributed by atoms with van der Waals surface area (Å²) in [5, 5.41) is 1.28. The fraction of sp³-hybridized carbons (Fsp3) is 0. The third-order valence-electron chi connectivity index (χ3n) is 2.69. The van der Waals surface area contributed by atoms with E-state index < -0.39 is 0 Å². The zero-order chi connectivity index (χ0) is 12.2. The largest absolute Gasteiger partial charge is 0.361 e. The lowest BCUT2D eigenvalue weighted by atomic mass is 10.3. The van der Waals surface area contributed by atoms with E-state index in [0.717, 1.165) is 11.0 Å². The van der Waals surface area contributed by atoms with Crippen molar-refractivity contribution in [2.24, 2.45) is 0 Å². The number of aromatic nitrogens is 4. The van der Waals surface area contributed by atoms with Gasteiger partial charge in [0.25, 0.3) is 0 Å². The zero-order valence-corrected chi connectivity index (χ0v) is 9.67.